The summed E-state index contributed by atoms with van der Waals surface area (Å²) in [5.41, 5.74) is 4.33. The molecular weight excluding hydrogens is 198 g/mol. The van der Waals surface area contributed by atoms with E-state index in [2.05, 4.69) is 19.1 Å². The number of hydrogen-bond donors (Lipinski definition) is 1. The lowest BCUT2D eigenvalue weighted by Crippen LogP contribution is -2.11. The van der Waals surface area contributed by atoms with E-state index in [0.717, 1.165) is 16.7 Å². The van der Waals surface area contributed by atoms with Crippen LogP contribution in [0.3, 0.4) is 0 Å². The van der Waals surface area contributed by atoms with Crippen LogP contribution in [0.1, 0.15) is 41.7 Å². The van der Waals surface area contributed by atoms with Crippen LogP contribution in [0.25, 0.3) is 0 Å². The highest BCUT2D eigenvalue weighted by Gasteiger charge is 2.20. The van der Waals surface area contributed by atoms with E-state index >= 15 is 0 Å². The second kappa shape index (κ2) is 5.14. The quantitative estimate of drug-likeness (QED) is 0.845. The molecule has 0 aliphatic heterocycles. The number of benzene rings is 1. The molecule has 1 aromatic rings. The van der Waals surface area contributed by atoms with Gasteiger partial charge in [0.15, 0.2) is 0 Å². The minimum atomic E-state index is -0.672. The van der Waals surface area contributed by atoms with Gasteiger partial charge in [0.1, 0.15) is 0 Å². The molecule has 0 aliphatic rings. The predicted molar refractivity (Wildman–Crippen MR) is 65.0 cm³/mol. The molecule has 0 heterocycles. The smallest absolute Gasteiger partial charge is 0.0950 e. The maximum Gasteiger partial charge on any atom is 0.0950 e. The van der Waals surface area contributed by atoms with Gasteiger partial charge in [-0.3, -0.25) is 0 Å². The first-order valence-corrected chi connectivity index (χ1v) is 5.66. The molecule has 2 heteroatoms. The molecule has 0 spiro atoms. The monoisotopic (exact) mass is 217 g/mol. The highest BCUT2D eigenvalue weighted by Crippen LogP contribution is 2.28. The van der Waals surface area contributed by atoms with Gasteiger partial charge in [0.05, 0.1) is 18.1 Å². The van der Waals surface area contributed by atoms with Crippen LogP contribution in [0.15, 0.2) is 12.1 Å². The van der Waals surface area contributed by atoms with E-state index in [9.17, 15) is 5.11 Å². The van der Waals surface area contributed by atoms with Gasteiger partial charge in [-0.15, -0.1) is 0 Å². The molecule has 0 amide bonds. The van der Waals surface area contributed by atoms with Gasteiger partial charge < -0.3 is 5.11 Å². The lowest BCUT2D eigenvalue weighted by Gasteiger charge is -2.19. The topological polar surface area (TPSA) is 44.0 Å². The first kappa shape index (κ1) is 12.7. The van der Waals surface area contributed by atoms with Crippen molar-refractivity contribution in [3.63, 3.8) is 0 Å². The Bertz CT molecular complexity index is 417. The molecule has 0 radical (unpaired) electrons. The van der Waals surface area contributed by atoms with Crippen molar-refractivity contribution in [2.75, 3.05) is 0 Å². The molecule has 0 fully saturated rings. The van der Waals surface area contributed by atoms with Gasteiger partial charge in [0.2, 0.25) is 0 Å². The van der Waals surface area contributed by atoms with Crippen molar-refractivity contribution in [2.45, 2.75) is 40.2 Å². The average molecular weight is 217 g/mol. The number of aliphatic hydroxyl groups is 1. The Morgan fingerprint density at radius 3 is 2.25 bits per heavy atom. The zero-order chi connectivity index (χ0) is 12.3. The summed E-state index contributed by atoms with van der Waals surface area (Å²) in [6, 6.07) is 6.22. The van der Waals surface area contributed by atoms with E-state index in [1.165, 1.54) is 5.56 Å². The predicted octanol–water partition coefficient (Wildman–Crippen LogP) is 3.20. The van der Waals surface area contributed by atoms with E-state index in [0.29, 0.717) is 6.42 Å². The Hall–Kier alpha value is -1.33. The van der Waals surface area contributed by atoms with Crippen LogP contribution >= 0.6 is 0 Å². The standard InChI is InChI=1S/C14H19NO/c1-5-12(8-15)14(16)13-7-10(3)9(2)6-11(13)4/h6-7,12,14,16H,5H2,1-4H3. The second-order valence-electron chi connectivity index (χ2n) is 4.38. The number of aliphatic hydroxyl groups excluding tert-OH is 1. The summed E-state index contributed by atoms with van der Waals surface area (Å²) in [6.07, 6.45) is -0.00128. The van der Waals surface area contributed by atoms with Crippen molar-refractivity contribution in [2.24, 2.45) is 5.92 Å². The van der Waals surface area contributed by atoms with Crippen molar-refractivity contribution in [1.82, 2.24) is 0 Å². The first-order valence-electron chi connectivity index (χ1n) is 5.66. The van der Waals surface area contributed by atoms with Crippen LogP contribution in [0.5, 0.6) is 0 Å². The summed E-state index contributed by atoms with van der Waals surface area (Å²) in [7, 11) is 0. The Morgan fingerprint density at radius 1 is 1.19 bits per heavy atom. The van der Waals surface area contributed by atoms with Gasteiger partial charge in [-0.25, -0.2) is 0 Å². The Labute approximate surface area is 97.5 Å². The van der Waals surface area contributed by atoms with Gasteiger partial charge in [-0.1, -0.05) is 19.1 Å². The van der Waals surface area contributed by atoms with Crippen LogP contribution < -0.4 is 0 Å². The maximum atomic E-state index is 10.2. The molecule has 0 aromatic heterocycles. The molecule has 1 aromatic carbocycles. The highest BCUT2D eigenvalue weighted by atomic mass is 16.3. The van der Waals surface area contributed by atoms with Crippen LogP contribution in [0, 0.1) is 38.0 Å². The normalized spacial score (nSPS) is 14.2. The van der Waals surface area contributed by atoms with Gasteiger partial charge in [0, 0.05) is 0 Å². The lowest BCUT2D eigenvalue weighted by atomic mass is 9.89. The SMILES string of the molecule is CCC(C#N)C(O)c1cc(C)c(C)cc1C. The van der Waals surface area contributed by atoms with Crippen molar-refractivity contribution in [3.8, 4) is 6.07 Å². The van der Waals surface area contributed by atoms with E-state index in [4.69, 9.17) is 5.26 Å². The minimum absolute atomic E-state index is 0.319. The minimum Gasteiger partial charge on any atom is -0.387 e. The van der Waals surface area contributed by atoms with Gasteiger partial charge >= 0.3 is 0 Å². The molecule has 1 rings (SSSR count). The number of nitrogens with zero attached hydrogens (tertiary/aromatic N) is 1. The van der Waals surface area contributed by atoms with Crippen LogP contribution in [0.2, 0.25) is 0 Å². The van der Waals surface area contributed by atoms with Gasteiger partial charge in [-0.05, 0) is 49.4 Å². The number of nitriles is 1. The molecule has 2 atom stereocenters. The molecule has 2 unspecified atom stereocenters. The average Bonchev–Trinajstić information content (AvgIpc) is 2.25. The van der Waals surface area contributed by atoms with E-state index in [1.807, 2.05) is 26.8 Å². The molecule has 0 saturated heterocycles. The number of rotatable bonds is 3. The molecule has 0 bridgehead atoms. The summed E-state index contributed by atoms with van der Waals surface area (Å²) in [5.74, 6) is -0.319. The van der Waals surface area contributed by atoms with E-state index in [-0.39, 0.29) is 5.92 Å². The van der Waals surface area contributed by atoms with Crippen molar-refractivity contribution in [1.29, 1.82) is 5.26 Å². The number of aryl methyl sites for hydroxylation is 3. The molecule has 1 N–H and O–H groups in total. The number of hydrogen-bond acceptors (Lipinski definition) is 2. The largest absolute Gasteiger partial charge is 0.387 e. The van der Waals surface area contributed by atoms with Gasteiger partial charge in [-0.2, -0.15) is 5.26 Å². The Kier molecular flexibility index (Phi) is 4.09. The summed E-state index contributed by atoms with van der Waals surface area (Å²) < 4.78 is 0. The summed E-state index contributed by atoms with van der Waals surface area (Å²) in [4.78, 5) is 0. The zero-order valence-electron chi connectivity index (χ0n) is 10.4. The van der Waals surface area contributed by atoms with Crippen LogP contribution in [-0.2, 0) is 0 Å². The first-order chi connectivity index (χ1) is 7.51. The van der Waals surface area contributed by atoms with E-state index in [1.54, 1.807) is 0 Å². The maximum absolute atomic E-state index is 10.2. The highest BCUT2D eigenvalue weighted by molar-refractivity contribution is 5.38. The summed E-state index contributed by atoms with van der Waals surface area (Å²) in [5, 5.41) is 19.1. The van der Waals surface area contributed by atoms with E-state index < -0.39 is 6.10 Å². The molecule has 0 saturated carbocycles. The van der Waals surface area contributed by atoms with Crippen LogP contribution in [0.4, 0.5) is 0 Å². The second-order valence-corrected chi connectivity index (χ2v) is 4.38. The summed E-state index contributed by atoms with van der Waals surface area (Å²) >= 11 is 0. The van der Waals surface area contributed by atoms with Crippen LogP contribution in [-0.4, -0.2) is 5.11 Å². The molecule has 0 aliphatic carbocycles. The molecule has 86 valence electrons. The fourth-order valence-electron chi connectivity index (χ4n) is 1.90. The molecular formula is C14H19NO. The third kappa shape index (κ3) is 2.43. The fourth-order valence-corrected chi connectivity index (χ4v) is 1.90. The van der Waals surface area contributed by atoms with Gasteiger partial charge in [0.25, 0.3) is 0 Å². The van der Waals surface area contributed by atoms with Crippen molar-refractivity contribution in [3.05, 3.63) is 34.4 Å². The zero-order valence-corrected chi connectivity index (χ0v) is 10.4. The third-order valence-corrected chi connectivity index (χ3v) is 3.19. The van der Waals surface area contributed by atoms with Crippen molar-refractivity contribution >= 4 is 0 Å². The lowest BCUT2D eigenvalue weighted by molar-refractivity contribution is 0.132. The molecule has 16 heavy (non-hydrogen) atoms. The Balaban J connectivity index is 3.14. The fraction of sp³-hybridized carbons (Fsp3) is 0.500. The Morgan fingerprint density at radius 2 is 1.75 bits per heavy atom. The summed E-state index contributed by atoms with van der Waals surface area (Å²) in [6.45, 7) is 7.99. The molecule has 2 nitrogen and oxygen atoms in total. The third-order valence-electron chi connectivity index (χ3n) is 3.19. The van der Waals surface area contributed by atoms with Crippen molar-refractivity contribution < 1.29 is 5.11 Å².